The lowest BCUT2D eigenvalue weighted by atomic mass is 9.87. The highest BCUT2D eigenvalue weighted by atomic mass is 32.2. The van der Waals surface area contributed by atoms with E-state index in [0.29, 0.717) is 23.3 Å². The van der Waals surface area contributed by atoms with Crippen molar-refractivity contribution in [3.63, 3.8) is 0 Å². The molecular formula is C24H29N7OS. The fraction of sp³-hybridized carbons (Fsp3) is 0.375. The molecule has 0 aliphatic heterocycles. The van der Waals surface area contributed by atoms with E-state index < -0.39 is 0 Å². The summed E-state index contributed by atoms with van der Waals surface area (Å²) in [6, 6.07) is 10.3. The lowest BCUT2D eigenvalue weighted by Crippen LogP contribution is -2.20. The molecule has 0 radical (unpaired) electrons. The molecular weight excluding hydrogens is 434 g/mol. The van der Waals surface area contributed by atoms with E-state index in [2.05, 4.69) is 70.5 Å². The van der Waals surface area contributed by atoms with Crippen LogP contribution in [0, 0.1) is 13.8 Å². The predicted octanol–water partition coefficient (Wildman–Crippen LogP) is 4.19. The highest BCUT2D eigenvalue weighted by molar-refractivity contribution is 7.98. The number of hydrogen-bond acceptors (Lipinski definition) is 6. The summed E-state index contributed by atoms with van der Waals surface area (Å²) in [5, 5.41) is 12.5. The number of aryl methyl sites for hydroxylation is 2. The SMILES string of the molecule is CSc1nc2nc(C)c(CC(=O)Nc3ccnn3Cc3ccc(C(C)(C)C)cc3)c(C)n2n1. The molecule has 4 rings (SSSR count). The first-order valence-electron chi connectivity index (χ1n) is 10.8. The number of carbonyl (C=O) groups is 1. The number of nitrogens with zero attached hydrogens (tertiary/aromatic N) is 6. The normalized spacial score (nSPS) is 11.8. The molecule has 0 aliphatic rings. The molecule has 8 nitrogen and oxygen atoms in total. The molecule has 33 heavy (non-hydrogen) atoms. The third kappa shape index (κ3) is 4.93. The second kappa shape index (κ2) is 8.97. The first-order valence-corrected chi connectivity index (χ1v) is 12.1. The molecule has 0 spiro atoms. The van der Waals surface area contributed by atoms with E-state index in [1.54, 1.807) is 15.4 Å². The molecule has 0 saturated heterocycles. The fourth-order valence-corrected chi connectivity index (χ4v) is 4.06. The van der Waals surface area contributed by atoms with Crippen molar-refractivity contribution in [1.82, 2.24) is 29.4 Å². The molecule has 3 heterocycles. The van der Waals surface area contributed by atoms with Gasteiger partial charge in [-0.3, -0.25) is 4.79 Å². The van der Waals surface area contributed by atoms with E-state index in [-0.39, 0.29) is 17.7 Å². The van der Waals surface area contributed by atoms with Crippen LogP contribution in [0.4, 0.5) is 5.82 Å². The molecule has 0 unspecified atom stereocenters. The molecule has 0 fully saturated rings. The van der Waals surface area contributed by atoms with Gasteiger partial charge in [0, 0.05) is 23.0 Å². The molecule has 1 N–H and O–H groups in total. The Morgan fingerprint density at radius 3 is 2.48 bits per heavy atom. The lowest BCUT2D eigenvalue weighted by Gasteiger charge is -2.19. The molecule has 1 aromatic carbocycles. The van der Waals surface area contributed by atoms with Gasteiger partial charge in [-0.05, 0) is 36.6 Å². The zero-order valence-corrected chi connectivity index (χ0v) is 20.7. The second-order valence-corrected chi connectivity index (χ2v) is 9.89. The number of amides is 1. The van der Waals surface area contributed by atoms with Crippen LogP contribution in [0.1, 0.15) is 48.8 Å². The van der Waals surface area contributed by atoms with Crippen LogP contribution >= 0.6 is 11.8 Å². The lowest BCUT2D eigenvalue weighted by molar-refractivity contribution is -0.115. The van der Waals surface area contributed by atoms with Gasteiger partial charge < -0.3 is 5.32 Å². The Bertz CT molecular complexity index is 1300. The highest BCUT2D eigenvalue weighted by Crippen LogP contribution is 2.23. The summed E-state index contributed by atoms with van der Waals surface area (Å²) in [4.78, 5) is 21.8. The maximum Gasteiger partial charge on any atom is 0.253 e. The predicted molar refractivity (Wildman–Crippen MR) is 131 cm³/mol. The van der Waals surface area contributed by atoms with Crippen molar-refractivity contribution in [2.24, 2.45) is 0 Å². The maximum absolute atomic E-state index is 12.9. The van der Waals surface area contributed by atoms with Crippen LogP contribution < -0.4 is 5.32 Å². The van der Waals surface area contributed by atoms with Crippen LogP contribution in [0.2, 0.25) is 0 Å². The van der Waals surface area contributed by atoms with Crippen LogP contribution in [-0.4, -0.2) is 41.5 Å². The average molecular weight is 464 g/mol. The van der Waals surface area contributed by atoms with Crippen molar-refractivity contribution in [1.29, 1.82) is 0 Å². The fourth-order valence-electron chi connectivity index (χ4n) is 3.73. The minimum Gasteiger partial charge on any atom is -0.311 e. The van der Waals surface area contributed by atoms with Gasteiger partial charge in [0.05, 0.1) is 19.2 Å². The molecule has 4 aromatic rings. The monoisotopic (exact) mass is 463 g/mol. The zero-order valence-electron chi connectivity index (χ0n) is 19.9. The number of nitrogens with one attached hydrogen (secondary N) is 1. The number of benzene rings is 1. The topological polar surface area (TPSA) is 90.0 Å². The van der Waals surface area contributed by atoms with E-state index in [1.807, 2.05) is 26.2 Å². The summed E-state index contributed by atoms with van der Waals surface area (Å²) in [7, 11) is 0. The van der Waals surface area contributed by atoms with E-state index in [9.17, 15) is 4.79 Å². The summed E-state index contributed by atoms with van der Waals surface area (Å²) in [5.41, 5.74) is 5.02. The molecule has 0 saturated carbocycles. The Morgan fingerprint density at radius 2 is 1.82 bits per heavy atom. The van der Waals surface area contributed by atoms with E-state index in [0.717, 1.165) is 22.5 Å². The smallest absolute Gasteiger partial charge is 0.253 e. The first-order chi connectivity index (χ1) is 15.7. The Morgan fingerprint density at radius 1 is 1.09 bits per heavy atom. The van der Waals surface area contributed by atoms with Crippen molar-refractivity contribution in [3.05, 3.63) is 64.6 Å². The summed E-state index contributed by atoms with van der Waals surface area (Å²) >= 11 is 1.46. The molecule has 1 amide bonds. The van der Waals surface area contributed by atoms with Crippen LogP contribution in [0.25, 0.3) is 5.78 Å². The summed E-state index contributed by atoms with van der Waals surface area (Å²) in [6.07, 6.45) is 3.82. The molecule has 9 heteroatoms. The number of fused-ring (bicyclic) bond motifs is 1. The summed E-state index contributed by atoms with van der Waals surface area (Å²) in [5.74, 6) is 1.08. The van der Waals surface area contributed by atoms with Gasteiger partial charge in [0.1, 0.15) is 5.82 Å². The van der Waals surface area contributed by atoms with Gasteiger partial charge in [0.15, 0.2) is 0 Å². The summed E-state index contributed by atoms with van der Waals surface area (Å²) < 4.78 is 3.50. The van der Waals surface area contributed by atoms with Crippen LogP contribution in [0.15, 0.2) is 41.7 Å². The third-order valence-electron chi connectivity index (χ3n) is 5.69. The van der Waals surface area contributed by atoms with Crippen LogP contribution in [-0.2, 0) is 23.2 Å². The van der Waals surface area contributed by atoms with E-state index >= 15 is 0 Å². The van der Waals surface area contributed by atoms with Crippen molar-refractivity contribution >= 4 is 29.3 Å². The third-order valence-corrected chi connectivity index (χ3v) is 6.22. The quantitative estimate of drug-likeness (QED) is 0.431. The van der Waals surface area contributed by atoms with Crippen molar-refractivity contribution in [2.45, 2.75) is 58.2 Å². The van der Waals surface area contributed by atoms with Crippen molar-refractivity contribution < 1.29 is 4.79 Å². The number of thioether (sulfide) groups is 1. The van der Waals surface area contributed by atoms with Gasteiger partial charge >= 0.3 is 0 Å². The average Bonchev–Trinajstić information content (AvgIpc) is 3.37. The van der Waals surface area contributed by atoms with Crippen LogP contribution in [0.3, 0.4) is 0 Å². The molecule has 0 atom stereocenters. The highest BCUT2D eigenvalue weighted by Gasteiger charge is 2.17. The van der Waals surface area contributed by atoms with Gasteiger partial charge in [-0.25, -0.2) is 14.2 Å². The van der Waals surface area contributed by atoms with Crippen molar-refractivity contribution in [2.75, 3.05) is 11.6 Å². The van der Waals surface area contributed by atoms with Gasteiger partial charge in [-0.15, -0.1) is 5.10 Å². The number of aromatic nitrogens is 6. The van der Waals surface area contributed by atoms with Gasteiger partial charge in [-0.2, -0.15) is 10.1 Å². The van der Waals surface area contributed by atoms with Crippen LogP contribution in [0.5, 0.6) is 0 Å². The first kappa shape index (κ1) is 23.0. The Kier molecular flexibility index (Phi) is 6.25. The molecule has 0 aliphatic carbocycles. The maximum atomic E-state index is 12.9. The molecule has 172 valence electrons. The Balaban J connectivity index is 1.49. The van der Waals surface area contributed by atoms with Gasteiger partial charge in [-0.1, -0.05) is 56.8 Å². The minimum atomic E-state index is -0.127. The molecule has 3 aromatic heterocycles. The number of carbonyl (C=O) groups excluding carboxylic acids is 1. The Labute approximate surface area is 197 Å². The Hall–Kier alpha value is -3.20. The van der Waals surface area contributed by atoms with Crippen molar-refractivity contribution in [3.8, 4) is 0 Å². The van der Waals surface area contributed by atoms with Gasteiger partial charge in [0.2, 0.25) is 11.1 Å². The summed E-state index contributed by atoms with van der Waals surface area (Å²) in [6.45, 7) is 11.0. The number of anilines is 1. The van der Waals surface area contributed by atoms with E-state index in [1.165, 1.54) is 17.3 Å². The number of rotatable bonds is 6. The van der Waals surface area contributed by atoms with E-state index in [4.69, 9.17) is 0 Å². The zero-order chi connectivity index (χ0) is 23.8. The largest absolute Gasteiger partial charge is 0.311 e. The number of hydrogen-bond donors (Lipinski definition) is 1. The molecule has 0 bridgehead atoms. The standard InChI is InChI=1S/C24H29N7OS/c1-15-19(16(2)31-22(26-15)28-23(29-31)33-6)13-21(32)27-20-11-12-25-30(20)14-17-7-9-18(10-8-17)24(3,4)5/h7-12H,13-14H2,1-6H3,(H,27,32). The second-order valence-electron chi connectivity index (χ2n) is 9.12. The van der Waals surface area contributed by atoms with Gasteiger partial charge in [0.25, 0.3) is 5.78 Å². The minimum absolute atomic E-state index is 0.112.